The summed E-state index contributed by atoms with van der Waals surface area (Å²) in [5.74, 6) is -0.133. The minimum Gasteiger partial charge on any atom is -0.397 e. The molecule has 5 nitrogen and oxygen atoms in total. The molecule has 0 radical (unpaired) electrons. The van der Waals surface area contributed by atoms with Crippen molar-refractivity contribution in [3.63, 3.8) is 0 Å². The maximum absolute atomic E-state index is 12.5. The maximum atomic E-state index is 12.5. The van der Waals surface area contributed by atoms with Crippen molar-refractivity contribution in [2.24, 2.45) is 0 Å². The van der Waals surface area contributed by atoms with E-state index in [0.717, 1.165) is 38.6 Å². The molecule has 0 atom stereocenters. The second-order valence-corrected chi connectivity index (χ2v) is 5.81. The predicted molar refractivity (Wildman–Crippen MR) is 79.5 cm³/mol. The molecule has 1 aromatic heterocycles. The lowest BCUT2D eigenvalue weighted by molar-refractivity contribution is 0.0750. The zero-order valence-corrected chi connectivity index (χ0v) is 12.2. The van der Waals surface area contributed by atoms with Gasteiger partial charge in [0.15, 0.2) is 0 Å². The first-order valence-corrected chi connectivity index (χ1v) is 7.49. The quantitative estimate of drug-likeness (QED) is 0.770. The van der Waals surface area contributed by atoms with Crippen LogP contribution in [0.5, 0.6) is 0 Å². The van der Waals surface area contributed by atoms with Crippen LogP contribution in [0.15, 0.2) is 12.3 Å². The van der Waals surface area contributed by atoms with Gasteiger partial charge in [0, 0.05) is 12.7 Å². The molecular formula is C15H25N3O2. The van der Waals surface area contributed by atoms with E-state index in [2.05, 4.69) is 12.2 Å². The van der Waals surface area contributed by atoms with Crippen LogP contribution in [-0.4, -0.2) is 27.7 Å². The Morgan fingerprint density at radius 3 is 2.75 bits per heavy atom. The lowest BCUT2D eigenvalue weighted by Crippen LogP contribution is -2.52. The van der Waals surface area contributed by atoms with Crippen molar-refractivity contribution in [2.45, 2.75) is 57.5 Å². The zero-order chi connectivity index (χ0) is 14.6. The number of nitrogens with two attached hydrogens (primary N) is 1. The fraction of sp³-hybridized carbons (Fsp3) is 0.667. The summed E-state index contributed by atoms with van der Waals surface area (Å²) in [6.07, 6.45) is 7.72. The van der Waals surface area contributed by atoms with E-state index in [-0.39, 0.29) is 12.5 Å². The third-order valence-corrected chi connectivity index (χ3v) is 4.11. The van der Waals surface area contributed by atoms with Gasteiger partial charge in [0.2, 0.25) is 0 Å². The Bertz CT molecular complexity index is 462. The summed E-state index contributed by atoms with van der Waals surface area (Å²) < 4.78 is 1.89. The summed E-state index contributed by atoms with van der Waals surface area (Å²) in [6.45, 7) is 2.84. The monoisotopic (exact) mass is 279 g/mol. The summed E-state index contributed by atoms with van der Waals surface area (Å²) in [5.41, 5.74) is 6.53. The molecule has 0 spiro atoms. The number of carbonyl (C=O) groups is 1. The number of nitrogens with zero attached hydrogens (tertiary/aromatic N) is 1. The average molecular weight is 279 g/mol. The molecule has 0 aliphatic heterocycles. The number of aromatic nitrogens is 1. The van der Waals surface area contributed by atoms with Gasteiger partial charge in [0.05, 0.1) is 17.8 Å². The van der Waals surface area contributed by atoms with Gasteiger partial charge in [-0.1, -0.05) is 26.2 Å². The van der Waals surface area contributed by atoms with Crippen LogP contribution in [0.4, 0.5) is 5.69 Å². The second kappa shape index (κ2) is 6.31. The largest absolute Gasteiger partial charge is 0.397 e. The van der Waals surface area contributed by atoms with Gasteiger partial charge in [-0.25, -0.2) is 0 Å². The van der Waals surface area contributed by atoms with E-state index < -0.39 is 5.54 Å². The Kier molecular flexibility index (Phi) is 4.70. The molecule has 112 valence electrons. The molecule has 0 saturated heterocycles. The molecule has 2 rings (SSSR count). The van der Waals surface area contributed by atoms with E-state index in [1.807, 2.05) is 4.57 Å². The predicted octanol–water partition coefficient (Wildman–Crippen LogP) is 1.91. The molecular weight excluding hydrogens is 254 g/mol. The molecule has 1 heterocycles. The van der Waals surface area contributed by atoms with Crippen molar-refractivity contribution in [3.8, 4) is 0 Å². The van der Waals surface area contributed by atoms with Gasteiger partial charge in [-0.15, -0.1) is 0 Å². The van der Waals surface area contributed by atoms with Crippen LogP contribution >= 0.6 is 0 Å². The molecule has 1 aliphatic rings. The fourth-order valence-electron chi connectivity index (χ4n) is 3.01. The van der Waals surface area contributed by atoms with Crippen molar-refractivity contribution in [1.29, 1.82) is 0 Å². The van der Waals surface area contributed by atoms with Crippen LogP contribution in [0.3, 0.4) is 0 Å². The number of anilines is 1. The lowest BCUT2D eigenvalue weighted by atomic mass is 9.82. The van der Waals surface area contributed by atoms with Crippen molar-refractivity contribution in [3.05, 3.63) is 18.0 Å². The van der Waals surface area contributed by atoms with Gasteiger partial charge in [-0.3, -0.25) is 4.79 Å². The number of carbonyl (C=O) groups excluding carboxylic acids is 1. The number of aryl methyl sites for hydroxylation is 1. The van der Waals surface area contributed by atoms with Crippen molar-refractivity contribution >= 4 is 11.6 Å². The first-order valence-electron chi connectivity index (χ1n) is 7.49. The average Bonchev–Trinajstić information content (AvgIpc) is 2.81. The van der Waals surface area contributed by atoms with Gasteiger partial charge in [0.1, 0.15) is 5.69 Å². The molecule has 1 aromatic rings. The van der Waals surface area contributed by atoms with Gasteiger partial charge < -0.3 is 20.7 Å². The van der Waals surface area contributed by atoms with Crippen molar-refractivity contribution in [2.75, 3.05) is 12.3 Å². The highest BCUT2D eigenvalue weighted by atomic mass is 16.3. The number of rotatable bonds is 5. The van der Waals surface area contributed by atoms with Crippen LogP contribution in [0.25, 0.3) is 0 Å². The number of hydrogen-bond acceptors (Lipinski definition) is 3. The summed E-state index contributed by atoms with van der Waals surface area (Å²) in [6, 6.07) is 1.71. The fourth-order valence-corrected chi connectivity index (χ4v) is 3.01. The highest BCUT2D eigenvalue weighted by Gasteiger charge is 2.33. The van der Waals surface area contributed by atoms with Crippen LogP contribution in [-0.2, 0) is 6.54 Å². The highest BCUT2D eigenvalue weighted by Crippen LogP contribution is 2.28. The second-order valence-electron chi connectivity index (χ2n) is 5.81. The van der Waals surface area contributed by atoms with Gasteiger partial charge in [0.25, 0.3) is 5.91 Å². The summed E-state index contributed by atoms with van der Waals surface area (Å²) >= 11 is 0. The smallest absolute Gasteiger partial charge is 0.268 e. The summed E-state index contributed by atoms with van der Waals surface area (Å²) in [5, 5.41) is 12.7. The Morgan fingerprint density at radius 1 is 1.45 bits per heavy atom. The van der Waals surface area contributed by atoms with Gasteiger partial charge in [-0.2, -0.15) is 0 Å². The third kappa shape index (κ3) is 3.15. The topological polar surface area (TPSA) is 80.3 Å². The van der Waals surface area contributed by atoms with E-state index in [1.54, 1.807) is 12.3 Å². The molecule has 1 amide bonds. The van der Waals surface area contributed by atoms with Crippen LogP contribution < -0.4 is 11.1 Å². The SMILES string of the molecule is CCCn1cc(N)cc1C(=O)NC1(CO)CCCCC1. The van der Waals surface area contributed by atoms with E-state index >= 15 is 0 Å². The molecule has 20 heavy (non-hydrogen) atoms. The molecule has 1 saturated carbocycles. The van der Waals surface area contributed by atoms with Gasteiger partial charge >= 0.3 is 0 Å². The Labute approximate surface area is 120 Å². The number of aliphatic hydroxyl groups excluding tert-OH is 1. The first-order chi connectivity index (χ1) is 9.60. The zero-order valence-electron chi connectivity index (χ0n) is 12.2. The number of nitrogens with one attached hydrogen (secondary N) is 1. The minimum absolute atomic E-state index is 0.00269. The third-order valence-electron chi connectivity index (χ3n) is 4.11. The van der Waals surface area contributed by atoms with E-state index in [1.165, 1.54) is 6.42 Å². The molecule has 1 fully saturated rings. The van der Waals surface area contributed by atoms with E-state index in [9.17, 15) is 9.90 Å². The molecule has 5 heteroatoms. The van der Waals surface area contributed by atoms with Crippen LogP contribution in [0, 0.1) is 0 Å². The number of hydrogen-bond donors (Lipinski definition) is 3. The molecule has 0 aromatic carbocycles. The lowest BCUT2D eigenvalue weighted by Gasteiger charge is -2.36. The van der Waals surface area contributed by atoms with E-state index in [4.69, 9.17) is 5.73 Å². The Hall–Kier alpha value is -1.49. The van der Waals surface area contributed by atoms with E-state index in [0.29, 0.717) is 11.4 Å². The van der Waals surface area contributed by atoms with Crippen LogP contribution in [0.1, 0.15) is 55.9 Å². The number of aliphatic hydroxyl groups is 1. The number of amides is 1. The molecule has 1 aliphatic carbocycles. The van der Waals surface area contributed by atoms with Gasteiger partial charge in [-0.05, 0) is 25.3 Å². The summed E-state index contributed by atoms with van der Waals surface area (Å²) in [4.78, 5) is 12.5. The molecule has 4 N–H and O–H groups in total. The Morgan fingerprint density at radius 2 is 2.15 bits per heavy atom. The standard InChI is InChI=1S/C15H25N3O2/c1-2-8-18-10-12(16)9-13(18)14(20)17-15(11-19)6-4-3-5-7-15/h9-10,19H,2-8,11,16H2,1H3,(H,17,20). The minimum atomic E-state index is -0.453. The number of nitrogen functional groups attached to an aromatic ring is 1. The highest BCUT2D eigenvalue weighted by molar-refractivity contribution is 5.94. The van der Waals surface area contributed by atoms with Crippen molar-refractivity contribution in [1.82, 2.24) is 9.88 Å². The van der Waals surface area contributed by atoms with Crippen LogP contribution in [0.2, 0.25) is 0 Å². The maximum Gasteiger partial charge on any atom is 0.268 e. The molecule has 0 unspecified atom stereocenters. The normalized spacial score (nSPS) is 17.9. The Balaban J connectivity index is 2.14. The summed E-state index contributed by atoms with van der Waals surface area (Å²) in [7, 11) is 0. The molecule has 0 bridgehead atoms. The first kappa shape index (κ1) is 14.9. The van der Waals surface area contributed by atoms with Crippen molar-refractivity contribution < 1.29 is 9.90 Å².